The lowest BCUT2D eigenvalue weighted by molar-refractivity contribution is -0.0499. The minimum Gasteiger partial charge on any atom is -0.444 e. The number of H-pyrrole nitrogens is 1. The van der Waals surface area contributed by atoms with Crippen molar-refractivity contribution in [3.63, 3.8) is 0 Å². The van der Waals surface area contributed by atoms with E-state index in [9.17, 15) is 31.2 Å². The van der Waals surface area contributed by atoms with Crippen molar-refractivity contribution in [2.24, 2.45) is 0 Å². The van der Waals surface area contributed by atoms with Crippen LogP contribution in [-0.2, 0) is 14.9 Å². The number of fused-ring (bicyclic) bond motifs is 1. The van der Waals surface area contributed by atoms with Gasteiger partial charge in [-0.25, -0.2) is 9.78 Å². The molecule has 0 aliphatic heterocycles. The standard InChI is InChI=1S/C19H23F3N4O6S2/c1-18(2,3)31-17(28)24-10-4-6-11(7-5-10)26-14(27)8-13(32-34(29,30)19(20,21)22)12-9-23-16(33)25-15(12)26/h8-11H,4-7H2,1-3H3,(H,24,28)(H,23,25,33). The Bertz CT molecular complexity index is 1310. The highest BCUT2D eigenvalue weighted by atomic mass is 32.2. The molecule has 1 aliphatic carbocycles. The van der Waals surface area contributed by atoms with Gasteiger partial charge in [0.2, 0.25) is 0 Å². The van der Waals surface area contributed by atoms with Gasteiger partial charge in [0, 0.05) is 24.3 Å². The lowest BCUT2D eigenvalue weighted by Gasteiger charge is -2.31. The number of halogens is 3. The first kappa shape index (κ1) is 25.9. The van der Waals surface area contributed by atoms with Crippen LogP contribution in [0.2, 0.25) is 0 Å². The maximum atomic E-state index is 12.9. The first-order chi connectivity index (χ1) is 15.6. The molecular formula is C19H23F3N4O6S2. The number of ether oxygens (including phenoxy) is 1. The lowest BCUT2D eigenvalue weighted by atomic mass is 9.91. The molecule has 188 valence electrons. The van der Waals surface area contributed by atoms with Gasteiger partial charge in [-0.2, -0.15) is 21.6 Å². The van der Waals surface area contributed by atoms with E-state index in [4.69, 9.17) is 17.0 Å². The van der Waals surface area contributed by atoms with Crippen molar-refractivity contribution < 1.29 is 35.3 Å². The molecule has 0 spiro atoms. The summed E-state index contributed by atoms with van der Waals surface area (Å²) in [6.07, 6.45) is 2.38. The average molecular weight is 525 g/mol. The molecule has 0 unspecified atom stereocenters. The number of rotatable bonds is 4. The Hall–Kier alpha value is -2.68. The van der Waals surface area contributed by atoms with E-state index in [-0.39, 0.29) is 21.8 Å². The summed E-state index contributed by atoms with van der Waals surface area (Å²) < 4.78 is 72.1. The van der Waals surface area contributed by atoms with Crippen LogP contribution in [0.15, 0.2) is 17.1 Å². The molecule has 3 rings (SSSR count). The van der Waals surface area contributed by atoms with E-state index < -0.39 is 44.7 Å². The SMILES string of the molecule is CC(C)(C)OC(=O)NC1CCC(n2c(=O)cc(OS(=O)(=O)C(F)(F)F)c3cnc(=S)[nH]c32)CC1. The molecule has 2 heterocycles. The monoisotopic (exact) mass is 524 g/mol. The van der Waals surface area contributed by atoms with Gasteiger partial charge < -0.3 is 19.2 Å². The normalized spacial score (nSPS) is 19.6. The number of alkyl carbamates (subject to hydrolysis) is 1. The van der Waals surface area contributed by atoms with Crippen molar-refractivity contribution in [2.45, 2.75) is 69.6 Å². The molecule has 0 aromatic carbocycles. The largest absolute Gasteiger partial charge is 0.534 e. The summed E-state index contributed by atoms with van der Waals surface area (Å²) in [5.74, 6) is -0.812. The molecule has 15 heteroatoms. The fraction of sp³-hybridized carbons (Fsp3) is 0.579. The fourth-order valence-corrected chi connectivity index (χ4v) is 4.29. The number of nitrogens with zero attached hydrogens (tertiary/aromatic N) is 2. The first-order valence-corrected chi connectivity index (χ1v) is 12.0. The third kappa shape index (κ3) is 5.87. The minimum atomic E-state index is -6.01. The summed E-state index contributed by atoms with van der Waals surface area (Å²) in [7, 11) is -6.01. The van der Waals surface area contributed by atoms with Crippen molar-refractivity contribution in [2.75, 3.05) is 0 Å². The summed E-state index contributed by atoms with van der Waals surface area (Å²) in [5, 5.41) is 2.62. The zero-order chi connectivity index (χ0) is 25.5. The Morgan fingerprint density at radius 2 is 1.85 bits per heavy atom. The minimum absolute atomic E-state index is 0.0107. The van der Waals surface area contributed by atoms with Crippen LogP contribution in [0.25, 0.3) is 11.0 Å². The predicted octanol–water partition coefficient (Wildman–Crippen LogP) is 3.69. The number of aromatic nitrogens is 3. The van der Waals surface area contributed by atoms with Gasteiger partial charge in [-0.3, -0.25) is 9.36 Å². The van der Waals surface area contributed by atoms with Crippen LogP contribution in [0.4, 0.5) is 18.0 Å². The van der Waals surface area contributed by atoms with Gasteiger partial charge in [0.05, 0.1) is 5.39 Å². The van der Waals surface area contributed by atoms with Gasteiger partial charge in [0.25, 0.3) is 5.56 Å². The third-order valence-corrected chi connectivity index (χ3v) is 6.23. The van der Waals surface area contributed by atoms with Crippen molar-refractivity contribution in [3.05, 3.63) is 27.4 Å². The van der Waals surface area contributed by atoms with E-state index in [1.54, 1.807) is 20.8 Å². The van der Waals surface area contributed by atoms with Gasteiger partial charge >= 0.3 is 21.7 Å². The van der Waals surface area contributed by atoms with Crippen LogP contribution in [-0.4, -0.2) is 46.2 Å². The van der Waals surface area contributed by atoms with Gasteiger partial charge in [0.15, 0.2) is 10.5 Å². The van der Waals surface area contributed by atoms with E-state index in [1.165, 1.54) is 4.57 Å². The molecular weight excluding hydrogens is 501 g/mol. The number of alkyl halides is 3. The highest BCUT2D eigenvalue weighted by Crippen LogP contribution is 2.34. The number of carbonyl (C=O) groups excluding carboxylic acids is 1. The molecule has 2 N–H and O–H groups in total. The summed E-state index contributed by atoms with van der Waals surface area (Å²) >= 11 is 4.98. The van der Waals surface area contributed by atoms with Crippen LogP contribution < -0.4 is 15.1 Å². The second-order valence-corrected chi connectivity index (χ2v) is 10.7. The number of amides is 1. The van der Waals surface area contributed by atoms with E-state index in [0.717, 1.165) is 6.20 Å². The third-order valence-electron chi connectivity index (χ3n) is 5.06. The second-order valence-electron chi connectivity index (χ2n) is 8.80. The molecule has 34 heavy (non-hydrogen) atoms. The number of pyridine rings is 1. The highest BCUT2D eigenvalue weighted by Gasteiger charge is 2.49. The van der Waals surface area contributed by atoms with Crippen molar-refractivity contribution in [1.82, 2.24) is 19.9 Å². The number of nitrogens with one attached hydrogen (secondary N) is 2. The van der Waals surface area contributed by atoms with Crippen molar-refractivity contribution in [3.8, 4) is 5.75 Å². The van der Waals surface area contributed by atoms with Crippen LogP contribution in [0.1, 0.15) is 52.5 Å². The molecule has 2 aromatic rings. The molecule has 1 fully saturated rings. The zero-order valence-electron chi connectivity index (χ0n) is 18.4. The quantitative estimate of drug-likeness (QED) is 0.352. The van der Waals surface area contributed by atoms with Gasteiger partial charge in [-0.15, -0.1) is 0 Å². The number of carbonyl (C=O) groups is 1. The van der Waals surface area contributed by atoms with E-state index in [1.807, 2.05) is 0 Å². The summed E-state index contributed by atoms with van der Waals surface area (Å²) in [6, 6.07) is 0.0932. The van der Waals surface area contributed by atoms with Crippen molar-refractivity contribution >= 4 is 39.5 Å². The number of hydrogen-bond donors (Lipinski definition) is 2. The topological polar surface area (TPSA) is 132 Å². The Morgan fingerprint density at radius 3 is 2.41 bits per heavy atom. The highest BCUT2D eigenvalue weighted by molar-refractivity contribution is 7.88. The number of hydrogen-bond acceptors (Lipinski definition) is 8. The average Bonchev–Trinajstić information content (AvgIpc) is 2.66. The zero-order valence-corrected chi connectivity index (χ0v) is 20.1. The van der Waals surface area contributed by atoms with Crippen LogP contribution in [0.3, 0.4) is 0 Å². The fourth-order valence-electron chi connectivity index (χ4n) is 3.67. The lowest BCUT2D eigenvalue weighted by Crippen LogP contribution is -2.41. The molecule has 0 bridgehead atoms. The Morgan fingerprint density at radius 1 is 1.24 bits per heavy atom. The number of aromatic amines is 1. The van der Waals surface area contributed by atoms with Crippen LogP contribution in [0, 0.1) is 4.77 Å². The summed E-state index contributed by atoms with van der Waals surface area (Å²) in [6.45, 7) is 5.23. The Balaban J connectivity index is 1.89. The first-order valence-electron chi connectivity index (χ1n) is 10.2. The van der Waals surface area contributed by atoms with Crippen LogP contribution in [0.5, 0.6) is 5.75 Å². The Labute approximate surface area is 197 Å². The van der Waals surface area contributed by atoms with Crippen molar-refractivity contribution in [1.29, 1.82) is 0 Å². The molecule has 2 aromatic heterocycles. The molecule has 0 radical (unpaired) electrons. The molecule has 10 nitrogen and oxygen atoms in total. The van der Waals surface area contributed by atoms with Crippen LogP contribution >= 0.6 is 12.2 Å². The van der Waals surface area contributed by atoms with E-state index in [2.05, 4.69) is 19.5 Å². The predicted molar refractivity (Wildman–Crippen MR) is 117 cm³/mol. The van der Waals surface area contributed by atoms with Gasteiger partial charge in [0.1, 0.15) is 11.2 Å². The maximum Gasteiger partial charge on any atom is 0.534 e. The second kappa shape index (κ2) is 9.17. The summed E-state index contributed by atoms with van der Waals surface area (Å²) in [5.41, 5.74) is -7.12. The maximum absolute atomic E-state index is 12.9. The molecule has 1 amide bonds. The van der Waals surface area contributed by atoms with E-state index in [0.29, 0.717) is 31.7 Å². The van der Waals surface area contributed by atoms with Gasteiger partial charge in [-0.1, -0.05) is 0 Å². The van der Waals surface area contributed by atoms with E-state index >= 15 is 0 Å². The molecule has 0 saturated heterocycles. The molecule has 0 atom stereocenters. The Kier molecular flexibility index (Phi) is 6.99. The molecule has 1 saturated carbocycles. The molecule has 1 aliphatic rings. The van der Waals surface area contributed by atoms with Gasteiger partial charge in [-0.05, 0) is 58.7 Å². The summed E-state index contributed by atoms with van der Waals surface area (Å²) in [4.78, 5) is 31.3. The smallest absolute Gasteiger partial charge is 0.444 e.